The average Bonchev–Trinajstić information content (AvgIpc) is 3.27. The van der Waals surface area contributed by atoms with Crippen LogP contribution in [-0.2, 0) is 18.9 Å². The molecule has 0 aliphatic carbocycles. The molecule has 0 aromatic heterocycles. The average molecular weight is 386 g/mol. The maximum Gasteiger partial charge on any atom is 0.514 e. The van der Waals surface area contributed by atoms with Crippen LogP contribution >= 0.6 is 0 Å². The van der Waals surface area contributed by atoms with Crippen molar-refractivity contribution in [1.29, 1.82) is 0 Å². The lowest BCUT2D eigenvalue weighted by Gasteiger charge is -2.17. The molecular formula is C20H18O8. The molecule has 4 rings (SSSR count). The number of benzene rings is 2. The van der Waals surface area contributed by atoms with E-state index in [0.717, 1.165) is 0 Å². The number of ether oxygens (including phenoxy) is 6. The summed E-state index contributed by atoms with van der Waals surface area (Å²) >= 11 is 0. The summed E-state index contributed by atoms with van der Waals surface area (Å²) in [5, 5.41) is 0. The van der Waals surface area contributed by atoms with Crippen molar-refractivity contribution >= 4 is 12.3 Å². The van der Waals surface area contributed by atoms with Crippen molar-refractivity contribution in [3.63, 3.8) is 0 Å². The molecule has 2 aromatic rings. The molecule has 0 amide bonds. The lowest BCUT2D eigenvalue weighted by molar-refractivity contribution is -0.0274. The van der Waals surface area contributed by atoms with Gasteiger partial charge in [0.2, 0.25) is 0 Å². The minimum Gasteiger partial charge on any atom is -0.425 e. The van der Waals surface area contributed by atoms with E-state index < -0.39 is 36.7 Å². The third kappa shape index (κ3) is 4.24. The molecule has 0 saturated carbocycles. The van der Waals surface area contributed by atoms with Crippen LogP contribution in [-0.4, -0.2) is 49.9 Å². The molecule has 0 N–H and O–H groups in total. The third-order valence-electron chi connectivity index (χ3n) is 4.35. The molecule has 2 saturated heterocycles. The molecule has 28 heavy (non-hydrogen) atoms. The first-order chi connectivity index (χ1) is 13.7. The van der Waals surface area contributed by atoms with E-state index in [4.69, 9.17) is 28.4 Å². The fraction of sp³-hybridized carbons (Fsp3) is 0.300. The lowest BCUT2D eigenvalue weighted by Crippen LogP contribution is -2.36. The molecular weight excluding hydrogens is 368 g/mol. The van der Waals surface area contributed by atoms with Crippen molar-refractivity contribution in [3.05, 3.63) is 60.7 Å². The van der Waals surface area contributed by atoms with E-state index in [1.807, 2.05) is 12.1 Å². The van der Waals surface area contributed by atoms with E-state index in [9.17, 15) is 9.59 Å². The van der Waals surface area contributed by atoms with Gasteiger partial charge in [0.05, 0.1) is 13.2 Å². The smallest absolute Gasteiger partial charge is 0.425 e. The highest BCUT2D eigenvalue weighted by Crippen LogP contribution is 2.31. The van der Waals surface area contributed by atoms with Crippen molar-refractivity contribution in [3.8, 4) is 11.5 Å². The maximum absolute atomic E-state index is 12.0. The normalized spacial score (nSPS) is 25.6. The van der Waals surface area contributed by atoms with E-state index in [1.165, 1.54) is 0 Å². The van der Waals surface area contributed by atoms with Crippen molar-refractivity contribution in [2.45, 2.75) is 24.4 Å². The summed E-state index contributed by atoms with van der Waals surface area (Å²) in [4.78, 5) is 23.9. The Balaban J connectivity index is 1.28. The molecule has 0 unspecified atom stereocenters. The van der Waals surface area contributed by atoms with E-state index >= 15 is 0 Å². The fourth-order valence-corrected chi connectivity index (χ4v) is 3.10. The van der Waals surface area contributed by atoms with Crippen molar-refractivity contribution in [2.75, 3.05) is 13.2 Å². The Kier molecular flexibility index (Phi) is 5.41. The number of fused-ring (bicyclic) bond motifs is 1. The van der Waals surface area contributed by atoms with Gasteiger partial charge in [0.15, 0.2) is 12.2 Å². The van der Waals surface area contributed by atoms with Crippen LogP contribution in [0, 0.1) is 0 Å². The molecule has 8 nitrogen and oxygen atoms in total. The van der Waals surface area contributed by atoms with Crippen LogP contribution in [0.5, 0.6) is 11.5 Å². The molecule has 2 fully saturated rings. The van der Waals surface area contributed by atoms with Gasteiger partial charge in [-0.05, 0) is 24.3 Å². The number of carbonyl (C=O) groups is 2. The highest BCUT2D eigenvalue weighted by Gasteiger charge is 2.51. The van der Waals surface area contributed by atoms with Crippen molar-refractivity contribution in [1.82, 2.24) is 0 Å². The SMILES string of the molecule is O=C(Oc1ccccc1)O[C@H]1CO[C@H]2[C@@H]1OC[C@H]2OC(=O)Oc1ccccc1. The van der Waals surface area contributed by atoms with Gasteiger partial charge in [0.25, 0.3) is 0 Å². The predicted octanol–water partition coefficient (Wildman–Crippen LogP) is 2.95. The maximum atomic E-state index is 12.0. The first-order valence-electron chi connectivity index (χ1n) is 8.79. The van der Waals surface area contributed by atoms with Gasteiger partial charge in [-0.25, -0.2) is 9.59 Å². The first-order valence-corrected chi connectivity index (χ1v) is 8.79. The molecule has 0 spiro atoms. The number of rotatable bonds is 4. The quantitative estimate of drug-likeness (QED) is 0.585. The fourth-order valence-electron chi connectivity index (χ4n) is 3.10. The molecule has 2 aliphatic heterocycles. The van der Waals surface area contributed by atoms with Gasteiger partial charge < -0.3 is 28.4 Å². The van der Waals surface area contributed by atoms with Crippen LogP contribution in [0.3, 0.4) is 0 Å². The molecule has 0 bridgehead atoms. The number of hydrogen-bond donors (Lipinski definition) is 0. The van der Waals surface area contributed by atoms with Gasteiger partial charge in [-0.3, -0.25) is 0 Å². The molecule has 4 atom stereocenters. The van der Waals surface area contributed by atoms with Gasteiger partial charge in [0.1, 0.15) is 23.7 Å². The lowest BCUT2D eigenvalue weighted by atomic mass is 10.1. The van der Waals surface area contributed by atoms with E-state index in [-0.39, 0.29) is 13.2 Å². The van der Waals surface area contributed by atoms with E-state index in [1.54, 1.807) is 48.5 Å². The Hall–Kier alpha value is -3.10. The monoisotopic (exact) mass is 386 g/mol. The molecule has 2 aromatic carbocycles. The Labute approximate surface area is 160 Å². The second-order valence-corrected chi connectivity index (χ2v) is 6.24. The Bertz CT molecular complexity index is 740. The summed E-state index contributed by atoms with van der Waals surface area (Å²) in [6, 6.07) is 17.2. The van der Waals surface area contributed by atoms with Gasteiger partial charge in [0, 0.05) is 0 Å². The summed E-state index contributed by atoms with van der Waals surface area (Å²) in [6.07, 6.45) is -4.09. The largest absolute Gasteiger partial charge is 0.514 e. The number of hydrogen-bond acceptors (Lipinski definition) is 8. The Morgan fingerprint density at radius 2 is 1.07 bits per heavy atom. The molecule has 146 valence electrons. The van der Waals surface area contributed by atoms with Gasteiger partial charge >= 0.3 is 12.3 Å². The summed E-state index contributed by atoms with van der Waals surface area (Å²) in [6.45, 7) is 0.236. The first kappa shape index (κ1) is 18.3. The van der Waals surface area contributed by atoms with Gasteiger partial charge in [-0.15, -0.1) is 0 Å². The zero-order chi connectivity index (χ0) is 19.3. The topological polar surface area (TPSA) is 89.5 Å². The molecule has 2 aliphatic rings. The molecule has 0 radical (unpaired) electrons. The minimum atomic E-state index is -0.850. The zero-order valence-corrected chi connectivity index (χ0v) is 14.8. The van der Waals surface area contributed by atoms with Crippen molar-refractivity contribution < 1.29 is 38.0 Å². The van der Waals surface area contributed by atoms with E-state index in [2.05, 4.69) is 0 Å². The second-order valence-electron chi connectivity index (χ2n) is 6.24. The van der Waals surface area contributed by atoms with E-state index in [0.29, 0.717) is 11.5 Å². The summed E-state index contributed by atoms with van der Waals surface area (Å²) < 4.78 is 32.0. The zero-order valence-electron chi connectivity index (χ0n) is 14.8. The Morgan fingerprint density at radius 3 is 1.46 bits per heavy atom. The number of carbonyl (C=O) groups excluding carboxylic acids is 2. The minimum absolute atomic E-state index is 0.118. The van der Waals surface area contributed by atoms with Crippen LogP contribution in [0.4, 0.5) is 9.59 Å². The second kappa shape index (κ2) is 8.28. The van der Waals surface area contributed by atoms with Crippen molar-refractivity contribution in [2.24, 2.45) is 0 Å². The summed E-state index contributed by atoms with van der Waals surface area (Å²) in [7, 11) is 0. The summed E-state index contributed by atoms with van der Waals surface area (Å²) in [5.74, 6) is 0.750. The predicted molar refractivity (Wildman–Crippen MR) is 94.2 cm³/mol. The highest BCUT2D eigenvalue weighted by atomic mass is 16.8. The third-order valence-corrected chi connectivity index (χ3v) is 4.35. The highest BCUT2D eigenvalue weighted by molar-refractivity contribution is 5.64. The van der Waals surface area contributed by atoms with Gasteiger partial charge in [-0.2, -0.15) is 0 Å². The van der Waals surface area contributed by atoms with Crippen LogP contribution in [0.15, 0.2) is 60.7 Å². The molecule has 8 heteroatoms. The van der Waals surface area contributed by atoms with Crippen LogP contribution in [0.2, 0.25) is 0 Å². The van der Waals surface area contributed by atoms with Gasteiger partial charge in [-0.1, -0.05) is 36.4 Å². The molecule has 2 heterocycles. The van der Waals surface area contributed by atoms with Crippen LogP contribution in [0.25, 0.3) is 0 Å². The summed E-state index contributed by atoms with van der Waals surface area (Å²) in [5.41, 5.74) is 0. The standard InChI is InChI=1S/C20H18O8/c21-19(25-13-7-3-1-4-8-13)27-15-11-23-18-16(12-24-17(15)18)28-20(22)26-14-9-5-2-6-10-14/h1-10,15-18H,11-12H2/t15-,16+,17-,18-/m1/s1. The Morgan fingerprint density at radius 1 is 0.679 bits per heavy atom. The van der Waals surface area contributed by atoms with Crippen LogP contribution < -0.4 is 9.47 Å². The number of para-hydroxylation sites is 2. The van der Waals surface area contributed by atoms with Crippen LogP contribution in [0.1, 0.15) is 0 Å².